The molecule has 0 spiro atoms. The molecule has 1 unspecified atom stereocenters. The van der Waals surface area contributed by atoms with E-state index in [1.807, 2.05) is 0 Å². The lowest BCUT2D eigenvalue weighted by Gasteiger charge is -2.19. The third-order valence-corrected chi connectivity index (χ3v) is 9.48. The fourth-order valence-electron chi connectivity index (χ4n) is 5.90. The molecule has 0 saturated heterocycles. The molecule has 0 aromatic carbocycles. The van der Waals surface area contributed by atoms with Gasteiger partial charge in [-0.05, 0) is 51.4 Å². The van der Waals surface area contributed by atoms with Crippen LogP contribution in [0.25, 0.3) is 0 Å². The number of ether oxygens (including phenoxy) is 6. The highest BCUT2D eigenvalue weighted by molar-refractivity contribution is 5.69. The first-order valence-electron chi connectivity index (χ1n) is 22.7. The molecule has 0 radical (unpaired) electrons. The van der Waals surface area contributed by atoms with E-state index in [0.717, 1.165) is 64.6 Å². The van der Waals surface area contributed by atoms with Gasteiger partial charge in [0, 0.05) is 26.1 Å². The van der Waals surface area contributed by atoms with Crippen molar-refractivity contribution in [2.75, 3.05) is 59.5 Å². The molecule has 0 aliphatic heterocycles. The second kappa shape index (κ2) is 44.9. The third-order valence-electron chi connectivity index (χ3n) is 9.48. The average molecular weight is 783 g/mol. The Hall–Kier alpha value is -1.78. The highest BCUT2D eigenvalue weighted by Crippen LogP contribution is 2.12. The van der Waals surface area contributed by atoms with Gasteiger partial charge < -0.3 is 33.5 Å². The van der Waals surface area contributed by atoms with Crippen molar-refractivity contribution in [2.24, 2.45) is 5.92 Å². The molecule has 9 heteroatoms. The molecule has 0 heterocycles. The summed E-state index contributed by atoms with van der Waals surface area (Å²) in [4.78, 5) is 24.8. The molecule has 0 amide bonds. The van der Waals surface area contributed by atoms with Crippen molar-refractivity contribution >= 4 is 11.9 Å². The minimum absolute atomic E-state index is 0.0166. The maximum absolute atomic E-state index is 12.6. The number of hydrogen-bond acceptors (Lipinski definition) is 9. The Morgan fingerprint density at radius 1 is 0.491 bits per heavy atom. The van der Waals surface area contributed by atoms with E-state index < -0.39 is 18.2 Å². The van der Waals surface area contributed by atoms with Crippen LogP contribution in [0, 0.1) is 5.92 Å². The van der Waals surface area contributed by atoms with Crippen LogP contribution in [0.2, 0.25) is 0 Å². The summed E-state index contributed by atoms with van der Waals surface area (Å²) in [5.41, 5.74) is 0. The Kier molecular flexibility index (Phi) is 43.5. The smallest absolute Gasteiger partial charge is 0.305 e. The van der Waals surface area contributed by atoms with Crippen molar-refractivity contribution < 1.29 is 43.1 Å². The summed E-state index contributed by atoms with van der Waals surface area (Å²) in [5.74, 6) is -1.15. The van der Waals surface area contributed by atoms with E-state index in [1.54, 1.807) is 0 Å². The number of carbonyl (C=O) groups excluding carboxylic acids is 2. The number of aliphatic hydroxyl groups is 1. The minimum atomic E-state index is -0.577. The molecule has 1 N–H and O–H groups in total. The third kappa shape index (κ3) is 41.7. The van der Waals surface area contributed by atoms with Crippen molar-refractivity contribution in [3.05, 3.63) is 24.3 Å². The Morgan fingerprint density at radius 2 is 0.927 bits per heavy atom. The summed E-state index contributed by atoms with van der Waals surface area (Å²) in [6, 6.07) is 0. The lowest BCUT2D eigenvalue weighted by molar-refractivity contribution is -0.168. The maximum atomic E-state index is 12.6. The Bertz CT molecular complexity index is 838. The topological polar surface area (TPSA) is 110 Å². The Morgan fingerprint density at radius 3 is 1.45 bits per heavy atom. The first-order valence-corrected chi connectivity index (χ1v) is 22.7. The normalized spacial score (nSPS) is 12.4. The molecule has 0 fully saturated rings. The van der Waals surface area contributed by atoms with Crippen molar-refractivity contribution in [3.8, 4) is 0 Å². The van der Waals surface area contributed by atoms with Crippen LogP contribution in [0.3, 0.4) is 0 Å². The van der Waals surface area contributed by atoms with E-state index in [2.05, 4.69) is 45.1 Å². The number of esters is 2. The van der Waals surface area contributed by atoms with Gasteiger partial charge in [-0.3, -0.25) is 9.59 Å². The van der Waals surface area contributed by atoms with Gasteiger partial charge in [-0.2, -0.15) is 0 Å². The molecular weight excluding hydrogens is 696 g/mol. The zero-order valence-electron chi connectivity index (χ0n) is 35.9. The van der Waals surface area contributed by atoms with Crippen LogP contribution in [-0.2, 0) is 38.0 Å². The summed E-state index contributed by atoms with van der Waals surface area (Å²) >= 11 is 0. The van der Waals surface area contributed by atoms with E-state index in [-0.39, 0.29) is 32.2 Å². The monoisotopic (exact) mass is 783 g/mol. The molecule has 0 aromatic heterocycles. The standard InChI is InChI=1S/C46H86O9/c1-4-7-10-13-16-17-18-19-20-21-22-23-24-25-28-31-44(48)54-41-43(40-47)42-55-45(49)32-33-46(52-38-36-50-34-29-26-14-11-8-5-2)53-39-37-51-35-30-27-15-12-9-6-3/h16-17,19-20,43,46-47H,4-15,18,21-42H2,1-3H3/b17-16-,20-19-. The van der Waals surface area contributed by atoms with E-state index >= 15 is 0 Å². The quantitative estimate of drug-likeness (QED) is 0.0279. The van der Waals surface area contributed by atoms with Crippen LogP contribution in [0.15, 0.2) is 24.3 Å². The molecule has 324 valence electrons. The molecule has 0 rings (SSSR count). The molecule has 9 nitrogen and oxygen atoms in total. The molecule has 0 bridgehead atoms. The number of rotatable bonds is 44. The van der Waals surface area contributed by atoms with Crippen molar-refractivity contribution in [1.29, 1.82) is 0 Å². The van der Waals surface area contributed by atoms with Gasteiger partial charge in [-0.1, -0.05) is 141 Å². The van der Waals surface area contributed by atoms with Crippen molar-refractivity contribution in [1.82, 2.24) is 0 Å². The lowest BCUT2D eigenvalue weighted by Crippen LogP contribution is -2.26. The van der Waals surface area contributed by atoms with Gasteiger partial charge in [0.15, 0.2) is 6.29 Å². The Labute approximate surface area is 338 Å². The fourth-order valence-corrected chi connectivity index (χ4v) is 5.90. The largest absolute Gasteiger partial charge is 0.465 e. The second-order valence-electron chi connectivity index (χ2n) is 14.9. The zero-order valence-corrected chi connectivity index (χ0v) is 35.9. The SMILES string of the molecule is CCCCC/C=C\C/C=C\CCCCCCCC(=O)OCC(CO)COC(=O)CCC(OCCOCCCCCCCC)OCCOCCCCCCCC. The van der Waals surface area contributed by atoms with Gasteiger partial charge in [0.05, 0.1) is 58.6 Å². The highest BCUT2D eigenvalue weighted by atomic mass is 16.7. The number of allylic oxidation sites excluding steroid dienone is 4. The van der Waals surface area contributed by atoms with E-state index in [4.69, 9.17) is 28.4 Å². The minimum Gasteiger partial charge on any atom is -0.465 e. The molecule has 55 heavy (non-hydrogen) atoms. The van der Waals surface area contributed by atoms with Crippen LogP contribution in [0.1, 0.15) is 188 Å². The first-order chi connectivity index (χ1) is 27.1. The van der Waals surface area contributed by atoms with Gasteiger partial charge in [0.25, 0.3) is 0 Å². The van der Waals surface area contributed by atoms with E-state index in [1.165, 1.54) is 96.3 Å². The number of aliphatic hydroxyl groups excluding tert-OH is 1. The Balaban J connectivity index is 4.22. The number of hydrogen-bond donors (Lipinski definition) is 1. The van der Waals surface area contributed by atoms with E-state index in [0.29, 0.717) is 39.3 Å². The van der Waals surface area contributed by atoms with Crippen molar-refractivity contribution in [3.63, 3.8) is 0 Å². The summed E-state index contributed by atoms with van der Waals surface area (Å²) < 4.78 is 34.1. The lowest BCUT2D eigenvalue weighted by atomic mass is 10.1. The van der Waals surface area contributed by atoms with Crippen LogP contribution in [0.5, 0.6) is 0 Å². The van der Waals surface area contributed by atoms with E-state index in [9.17, 15) is 14.7 Å². The van der Waals surface area contributed by atoms with Crippen LogP contribution in [-0.4, -0.2) is 82.8 Å². The molecule has 0 aromatic rings. The van der Waals surface area contributed by atoms with Gasteiger partial charge in [-0.25, -0.2) is 0 Å². The second-order valence-corrected chi connectivity index (χ2v) is 14.9. The molecule has 1 atom stereocenters. The summed E-state index contributed by atoms with van der Waals surface area (Å²) in [6.07, 6.45) is 36.3. The first kappa shape index (κ1) is 53.2. The van der Waals surface area contributed by atoms with Crippen molar-refractivity contribution in [2.45, 2.75) is 194 Å². The number of unbranched alkanes of at least 4 members (excludes halogenated alkanes) is 18. The van der Waals surface area contributed by atoms with Gasteiger partial charge >= 0.3 is 11.9 Å². The van der Waals surface area contributed by atoms with Gasteiger partial charge in [-0.15, -0.1) is 0 Å². The highest BCUT2D eigenvalue weighted by Gasteiger charge is 2.17. The predicted octanol–water partition coefficient (Wildman–Crippen LogP) is 11.4. The molecule has 0 aliphatic carbocycles. The van der Waals surface area contributed by atoms with Crippen LogP contribution >= 0.6 is 0 Å². The van der Waals surface area contributed by atoms with Crippen LogP contribution in [0.4, 0.5) is 0 Å². The summed E-state index contributed by atoms with van der Waals surface area (Å²) in [5, 5.41) is 9.78. The number of carbonyl (C=O) groups is 2. The van der Waals surface area contributed by atoms with Gasteiger partial charge in [0.1, 0.15) is 0 Å². The summed E-state index contributed by atoms with van der Waals surface area (Å²) in [6.45, 7) is 9.58. The molecule has 0 aliphatic rings. The molecular formula is C46H86O9. The van der Waals surface area contributed by atoms with Crippen LogP contribution < -0.4 is 0 Å². The maximum Gasteiger partial charge on any atom is 0.305 e. The predicted molar refractivity (Wildman–Crippen MR) is 225 cm³/mol. The summed E-state index contributed by atoms with van der Waals surface area (Å²) in [7, 11) is 0. The zero-order chi connectivity index (χ0) is 40.1. The fraction of sp³-hybridized carbons (Fsp3) is 0.870. The van der Waals surface area contributed by atoms with Gasteiger partial charge in [0.2, 0.25) is 0 Å². The average Bonchev–Trinajstić information content (AvgIpc) is 3.19. The molecule has 0 saturated carbocycles.